The first-order valence-electron chi connectivity index (χ1n) is 14.7. The van der Waals surface area contributed by atoms with Gasteiger partial charge in [-0.15, -0.1) is 0 Å². The average molecular weight is 523 g/mol. The van der Waals surface area contributed by atoms with E-state index in [1.54, 1.807) is 0 Å². The number of allylic oxidation sites excluding steroid dienone is 1. The third kappa shape index (κ3) is 5.75. The van der Waals surface area contributed by atoms with Gasteiger partial charge in [-0.25, -0.2) is 0 Å². The summed E-state index contributed by atoms with van der Waals surface area (Å²) >= 11 is 0. The van der Waals surface area contributed by atoms with Crippen LogP contribution >= 0.6 is 0 Å². The molecule has 0 aromatic carbocycles. The normalized spacial score (nSPS) is 39.1. The van der Waals surface area contributed by atoms with Crippen molar-refractivity contribution in [2.75, 3.05) is 5.75 Å². The molecule has 4 aliphatic carbocycles. The summed E-state index contributed by atoms with van der Waals surface area (Å²) < 4.78 is 36.5. The predicted molar refractivity (Wildman–Crippen MR) is 144 cm³/mol. The summed E-state index contributed by atoms with van der Waals surface area (Å²) in [5.41, 5.74) is 2.14. The first-order chi connectivity index (χ1) is 16.8. The zero-order valence-corrected chi connectivity index (χ0v) is 24.1. The van der Waals surface area contributed by atoms with Crippen LogP contribution in [0.15, 0.2) is 11.6 Å². The monoisotopic (exact) mass is 522 g/mol. The van der Waals surface area contributed by atoms with Crippen LogP contribution in [0, 0.1) is 46.3 Å². The number of ether oxygens (including phenoxy) is 1. The lowest BCUT2D eigenvalue weighted by Gasteiger charge is -2.58. The van der Waals surface area contributed by atoms with Gasteiger partial charge in [-0.3, -0.25) is 9.35 Å². The maximum absolute atomic E-state index is 12.2. The van der Waals surface area contributed by atoms with Crippen LogP contribution in [-0.4, -0.2) is 30.8 Å². The van der Waals surface area contributed by atoms with E-state index >= 15 is 0 Å². The van der Waals surface area contributed by atoms with Gasteiger partial charge in [-0.1, -0.05) is 65.5 Å². The van der Waals surface area contributed by atoms with E-state index in [0.29, 0.717) is 5.41 Å². The highest BCUT2D eigenvalue weighted by Gasteiger charge is 2.59. The fraction of sp³-hybridized carbons (Fsp3) is 0.900. The molecule has 36 heavy (non-hydrogen) atoms. The largest absolute Gasteiger partial charge is 0.462 e. The number of hydrogen-bond acceptors (Lipinski definition) is 4. The molecule has 3 fully saturated rings. The van der Waals surface area contributed by atoms with E-state index in [9.17, 15) is 13.2 Å². The second-order valence-electron chi connectivity index (χ2n) is 13.7. The van der Waals surface area contributed by atoms with Gasteiger partial charge in [0.15, 0.2) is 0 Å². The van der Waals surface area contributed by atoms with Gasteiger partial charge in [0.1, 0.15) is 6.10 Å². The van der Waals surface area contributed by atoms with E-state index in [2.05, 4.69) is 40.7 Å². The number of rotatable bonds is 9. The van der Waals surface area contributed by atoms with Crippen LogP contribution in [0.4, 0.5) is 0 Å². The highest BCUT2D eigenvalue weighted by molar-refractivity contribution is 7.85. The summed E-state index contributed by atoms with van der Waals surface area (Å²) in [6.45, 7) is 12.3. The van der Waals surface area contributed by atoms with Crippen molar-refractivity contribution in [3.05, 3.63) is 11.6 Å². The van der Waals surface area contributed by atoms with Crippen molar-refractivity contribution in [2.45, 2.75) is 118 Å². The molecule has 4 aliphatic rings. The van der Waals surface area contributed by atoms with E-state index in [0.717, 1.165) is 61.2 Å². The molecule has 0 radical (unpaired) electrons. The second kappa shape index (κ2) is 10.7. The van der Waals surface area contributed by atoms with Crippen molar-refractivity contribution in [1.82, 2.24) is 0 Å². The summed E-state index contributed by atoms with van der Waals surface area (Å²) in [6, 6.07) is 0. The topological polar surface area (TPSA) is 80.7 Å². The van der Waals surface area contributed by atoms with Crippen molar-refractivity contribution in [1.29, 1.82) is 0 Å². The van der Waals surface area contributed by atoms with E-state index in [4.69, 9.17) is 9.29 Å². The minimum atomic E-state index is -4.14. The van der Waals surface area contributed by atoms with Crippen molar-refractivity contribution in [3.8, 4) is 0 Å². The molecule has 0 spiro atoms. The van der Waals surface area contributed by atoms with Gasteiger partial charge >= 0.3 is 5.97 Å². The van der Waals surface area contributed by atoms with E-state index < -0.39 is 21.8 Å². The Morgan fingerprint density at radius 1 is 1.08 bits per heavy atom. The Morgan fingerprint density at radius 3 is 2.53 bits per heavy atom. The molecule has 0 heterocycles. The van der Waals surface area contributed by atoms with Crippen molar-refractivity contribution < 1.29 is 22.5 Å². The Kier molecular flexibility index (Phi) is 8.37. The van der Waals surface area contributed by atoms with E-state index in [1.165, 1.54) is 50.5 Å². The first kappa shape index (κ1) is 28.1. The Balaban J connectivity index is 1.40. The smallest absolute Gasteiger partial charge is 0.307 e. The molecule has 6 heteroatoms. The van der Waals surface area contributed by atoms with Gasteiger partial charge in [0.2, 0.25) is 0 Å². The lowest BCUT2D eigenvalue weighted by Crippen LogP contribution is -2.51. The summed E-state index contributed by atoms with van der Waals surface area (Å²) in [4.78, 5) is 12.2. The third-order valence-corrected chi connectivity index (χ3v) is 11.8. The fourth-order valence-corrected chi connectivity index (χ4v) is 9.63. The molecule has 5 nitrogen and oxygen atoms in total. The van der Waals surface area contributed by atoms with Gasteiger partial charge in [0, 0.05) is 6.42 Å². The standard InChI is InChI=1S/C30H50O5S/c1-20(2)7-6-8-21(3)25-11-12-26-24-10-9-22-19-23(35-28(31)15-18-36(32,33)34)13-16-29(22,4)27(24)14-17-30(25,26)5/h9,20-21,23-27H,6-8,10-19H2,1-5H3,(H,32,33,34)/t21-,23+,24+,25-,26+,27+,29+,30-/m1/s1. The number of hydrogen-bond donors (Lipinski definition) is 1. The summed E-state index contributed by atoms with van der Waals surface area (Å²) in [5, 5.41) is 0. The minimum Gasteiger partial charge on any atom is -0.462 e. The zero-order valence-electron chi connectivity index (χ0n) is 23.3. The van der Waals surface area contributed by atoms with Crippen LogP contribution in [0.3, 0.4) is 0 Å². The molecule has 0 aliphatic heterocycles. The van der Waals surface area contributed by atoms with Gasteiger partial charge in [0.25, 0.3) is 10.1 Å². The average Bonchev–Trinajstić information content (AvgIpc) is 3.14. The van der Waals surface area contributed by atoms with Crippen LogP contribution in [0.5, 0.6) is 0 Å². The van der Waals surface area contributed by atoms with Crippen LogP contribution < -0.4 is 0 Å². The van der Waals surface area contributed by atoms with E-state index in [-0.39, 0.29) is 17.9 Å². The molecule has 0 saturated heterocycles. The summed E-state index contributed by atoms with van der Waals surface area (Å²) in [5.74, 6) is 3.74. The van der Waals surface area contributed by atoms with Crippen LogP contribution in [0.1, 0.15) is 112 Å². The molecular formula is C30H50O5S. The number of carbonyl (C=O) groups excluding carboxylic acids is 1. The molecule has 1 N–H and O–H groups in total. The maximum Gasteiger partial charge on any atom is 0.307 e. The van der Waals surface area contributed by atoms with Gasteiger partial charge in [-0.05, 0) is 91.3 Å². The van der Waals surface area contributed by atoms with Crippen LogP contribution in [-0.2, 0) is 19.6 Å². The van der Waals surface area contributed by atoms with Crippen molar-refractivity contribution in [3.63, 3.8) is 0 Å². The Morgan fingerprint density at radius 2 is 1.83 bits per heavy atom. The zero-order chi connectivity index (χ0) is 26.3. The molecule has 8 atom stereocenters. The number of fused-ring (bicyclic) bond motifs is 5. The maximum atomic E-state index is 12.2. The van der Waals surface area contributed by atoms with Crippen molar-refractivity contribution in [2.24, 2.45) is 46.3 Å². The van der Waals surface area contributed by atoms with Gasteiger partial charge in [-0.2, -0.15) is 8.42 Å². The highest BCUT2D eigenvalue weighted by atomic mass is 32.2. The Labute approximate surface area is 220 Å². The van der Waals surface area contributed by atoms with Crippen LogP contribution in [0.2, 0.25) is 0 Å². The molecule has 3 saturated carbocycles. The molecule has 0 amide bonds. The van der Waals surface area contributed by atoms with Crippen molar-refractivity contribution >= 4 is 16.1 Å². The quantitative estimate of drug-likeness (QED) is 0.196. The fourth-order valence-electron chi connectivity index (χ4n) is 9.21. The second-order valence-corrected chi connectivity index (χ2v) is 15.3. The molecule has 4 rings (SSSR count). The van der Waals surface area contributed by atoms with Crippen LogP contribution in [0.25, 0.3) is 0 Å². The molecule has 206 valence electrons. The molecule has 0 aromatic rings. The summed E-state index contributed by atoms with van der Waals surface area (Å²) in [6.07, 6.45) is 15.4. The first-order valence-corrected chi connectivity index (χ1v) is 16.3. The lowest BCUT2D eigenvalue weighted by atomic mass is 9.47. The predicted octanol–water partition coefficient (Wildman–Crippen LogP) is 7.22. The summed E-state index contributed by atoms with van der Waals surface area (Å²) in [7, 11) is -4.14. The Bertz CT molecular complexity index is 939. The Hall–Kier alpha value is -0.880. The number of esters is 1. The minimum absolute atomic E-state index is 0.175. The molecule has 0 aromatic heterocycles. The SMILES string of the molecule is CC(C)CCC[C@@H](C)[C@H]1CC[C@H]2[C@@H]3CC=C4C[C@@H](OC(=O)CCS(=O)(=O)O)CC[C@]4(C)[C@H]3CC[C@]12C. The van der Waals surface area contributed by atoms with E-state index in [1.807, 2.05) is 0 Å². The van der Waals surface area contributed by atoms with Gasteiger partial charge in [0.05, 0.1) is 12.2 Å². The van der Waals surface area contributed by atoms with Gasteiger partial charge < -0.3 is 4.74 Å². The molecular weight excluding hydrogens is 472 g/mol. The third-order valence-electron chi connectivity index (χ3n) is 11.1. The lowest BCUT2D eigenvalue weighted by molar-refractivity contribution is -0.151. The molecule has 0 unspecified atom stereocenters. The molecule has 0 bridgehead atoms. The number of carbonyl (C=O) groups is 1. The highest BCUT2D eigenvalue weighted by Crippen LogP contribution is 2.67.